The minimum absolute atomic E-state index is 0.228. The summed E-state index contributed by atoms with van der Waals surface area (Å²) in [4.78, 5) is 0. The number of nitrogens with one attached hydrogen (secondary N) is 1. The van der Waals surface area contributed by atoms with Crippen molar-refractivity contribution in [2.24, 2.45) is 0 Å². The molecule has 1 heterocycles. The fourth-order valence-corrected chi connectivity index (χ4v) is 3.61. The Balaban J connectivity index is 1.74. The first kappa shape index (κ1) is 12.9. The number of rotatable bonds is 3. The SMILES string of the molecule is CN[C@@H]1CCOc2cc(C3(c4ccccc4)CC3)ccc21. The Kier molecular flexibility index (Phi) is 3.00. The first-order valence-electron chi connectivity index (χ1n) is 7.83. The highest BCUT2D eigenvalue weighted by Gasteiger charge is 2.46. The number of fused-ring (bicyclic) bond motifs is 1. The average molecular weight is 279 g/mol. The summed E-state index contributed by atoms with van der Waals surface area (Å²) in [5, 5.41) is 3.39. The fraction of sp³-hybridized carbons (Fsp3) is 0.368. The highest BCUT2D eigenvalue weighted by Crippen LogP contribution is 2.54. The quantitative estimate of drug-likeness (QED) is 0.922. The summed E-state index contributed by atoms with van der Waals surface area (Å²) in [6.45, 7) is 0.806. The average Bonchev–Trinajstić information content (AvgIpc) is 3.36. The van der Waals surface area contributed by atoms with Crippen molar-refractivity contribution in [3.05, 3.63) is 65.2 Å². The summed E-state index contributed by atoms with van der Waals surface area (Å²) in [5.74, 6) is 1.07. The molecule has 108 valence electrons. The summed E-state index contributed by atoms with van der Waals surface area (Å²) >= 11 is 0. The number of ether oxygens (including phenoxy) is 1. The number of hydrogen-bond donors (Lipinski definition) is 1. The molecule has 0 saturated heterocycles. The van der Waals surface area contributed by atoms with Gasteiger partial charge in [0, 0.05) is 23.4 Å². The van der Waals surface area contributed by atoms with Gasteiger partial charge in [-0.05, 0) is 37.1 Å². The van der Waals surface area contributed by atoms with Crippen LogP contribution in [0.4, 0.5) is 0 Å². The van der Waals surface area contributed by atoms with Gasteiger partial charge in [0.15, 0.2) is 0 Å². The lowest BCUT2D eigenvalue weighted by Gasteiger charge is -2.27. The zero-order chi connectivity index (χ0) is 14.3. The van der Waals surface area contributed by atoms with Crippen LogP contribution in [0.2, 0.25) is 0 Å². The third-order valence-corrected chi connectivity index (χ3v) is 5.03. The van der Waals surface area contributed by atoms with Crippen LogP contribution in [0.5, 0.6) is 5.75 Å². The summed E-state index contributed by atoms with van der Waals surface area (Å²) < 4.78 is 5.91. The maximum atomic E-state index is 5.91. The van der Waals surface area contributed by atoms with E-state index >= 15 is 0 Å². The van der Waals surface area contributed by atoms with Crippen LogP contribution in [0.1, 0.15) is 42.0 Å². The topological polar surface area (TPSA) is 21.3 Å². The third kappa shape index (κ3) is 2.06. The molecule has 1 aliphatic carbocycles. The predicted molar refractivity (Wildman–Crippen MR) is 84.8 cm³/mol. The molecule has 21 heavy (non-hydrogen) atoms. The molecule has 0 aromatic heterocycles. The van der Waals surface area contributed by atoms with Gasteiger partial charge in [-0.3, -0.25) is 0 Å². The van der Waals surface area contributed by atoms with E-state index in [1.807, 2.05) is 7.05 Å². The first-order chi connectivity index (χ1) is 10.3. The van der Waals surface area contributed by atoms with Crippen molar-refractivity contribution in [1.82, 2.24) is 5.32 Å². The van der Waals surface area contributed by atoms with Crippen LogP contribution in [-0.4, -0.2) is 13.7 Å². The molecule has 2 nitrogen and oxygen atoms in total. The van der Waals surface area contributed by atoms with Gasteiger partial charge < -0.3 is 10.1 Å². The van der Waals surface area contributed by atoms with Crippen molar-refractivity contribution in [2.75, 3.05) is 13.7 Å². The highest BCUT2D eigenvalue weighted by atomic mass is 16.5. The molecule has 1 atom stereocenters. The van der Waals surface area contributed by atoms with Crippen molar-refractivity contribution in [2.45, 2.75) is 30.7 Å². The van der Waals surface area contributed by atoms with E-state index in [1.165, 1.54) is 29.5 Å². The lowest BCUT2D eigenvalue weighted by molar-refractivity contribution is 0.257. The van der Waals surface area contributed by atoms with Crippen LogP contribution in [-0.2, 0) is 5.41 Å². The molecule has 1 N–H and O–H groups in total. The fourth-order valence-electron chi connectivity index (χ4n) is 3.61. The van der Waals surface area contributed by atoms with E-state index in [9.17, 15) is 0 Å². The van der Waals surface area contributed by atoms with Gasteiger partial charge in [-0.15, -0.1) is 0 Å². The molecule has 1 fully saturated rings. The van der Waals surface area contributed by atoms with E-state index in [1.54, 1.807) is 0 Å². The van der Waals surface area contributed by atoms with E-state index in [-0.39, 0.29) is 5.41 Å². The zero-order valence-electron chi connectivity index (χ0n) is 12.4. The maximum Gasteiger partial charge on any atom is 0.124 e. The normalized spacial score (nSPS) is 22.2. The van der Waals surface area contributed by atoms with Gasteiger partial charge in [0.1, 0.15) is 5.75 Å². The molecule has 0 radical (unpaired) electrons. The van der Waals surface area contributed by atoms with Crippen molar-refractivity contribution in [3.63, 3.8) is 0 Å². The molecule has 2 heteroatoms. The Bertz CT molecular complexity index is 646. The molecule has 0 amide bonds. The second-order valence-electron chi connectivity index (χ2n) is 6.18. The van der Waals surface area contributed by atoms with Gasteiger partial charge in [-0.2, -0.15) is 0 Å². The molecule has 2 aromatic rings. The molecular weight excluding hydrogens is 258 g/mol. The molecular formula is C19H21NO. The van der Waals surface area contributed by atoms with Gasteiger partial charge in [0.25, 0.3) is 0 Å². The minimum Gasteiger partial charge on any atom is -0.493 e. The number of hydrogen-bond acceptors (Lipinski definition) is 2. The summed E-state index contributed by atoms with van der Waals surface area (Å²) in [7, 11) is 2.03. The van der Waals surface area contributed by atoms with Gasteiger partial charge in [-0.1, -0.05) is 42.5 Å². The largest absolute Gasteiger partial charge is 0.493 e. The molecule has 1 aliphatic heterocycles. The van der Waals surface area contributed by atoms with E-state index in [2.05, 4.69) is 53.8 Å². The Morgan fingerprint density at radius 3 is 2.57 bits per heavy atom. The first-order valence-corrected chi connectivity index (χ1v) is 7.83. The van der Waals surface area contributed by atoms with Crippen LogP contribution in [0.25, 0.3) is 0 Å². The van der Waals surface area contributed by atoms with Crippen LogP contribution in [0.3, 0.4) is 0 Å². The summed E-state index contributed by atoms with van der Waals surface area (Å²) in [5.41, 5.74) is 4.37. The third-order valence-electron chi connectivity index (χ3n) is 5.03. The lowest BCUT2D eigenvalue weighted by Crippen LogP contribution is -2.24. The Morgan fingerprint density at radius 2 is 1.86 bits per heavy atom. The van der Waals surface area contributed by atoms with E-state index in [4.69, 9.17) is 4.74 Å². The maximum absolute atomic E-state index is 5.91. The zero-order valence-corrected chi connectivity index (χ0v) is 12.4. The van der Waals surface area contributed by atoms with Gasteiger partial charge >= 0.3 is 0 Å². The van der Waals surface area contributed by atoms with Crippen molar-refractivity contribution < 1.29 is 4.74 Å². The molecule has 0 spiro atoms. The standard InChI is InChI=1S/C19H21NO/c1-20-17-9-12-21-18-13-15(7-8-16(17)18)19(10-11-19)14-5-3-2-4-6-14/h2-8,13,17,20H,9-12H2,1H3/t17-/m1/s1. The van der Waals surface area contributed by atoms with Gasteiger partial charge in [-0.25, -0.2) is 0 Å². The molecule has 0 bridgehead atoms. The van der Waals surface area contributed by atoms with E-state index in [0.29, 0.717) is 6.04 Å². The predicted octanol–water partition coefficient (Wildman–Crippen LogP) is 3.81. The summed E-state index contributed by atoms with van der Waals surface area (Å²) in [6, 6.07) is 18.1. The number of benzene rings is 2. The van der Waals surface area contributed by atoms with Crippen LogP contribution >= 0.6 is 0 Å². The molecule has 2 aromatic carbocycles. The highest BCUT2D eigenvalue weighted by molar-refractivity contribution is 5.50. The monoisotopic (exact) mass is 279 g/mol. The second-order valence-corrected chi connectivity index (χ2v) is 6.18. The van der Waals surface area contributed by atoms with Crippen LogP contribution in [0, 0.1) is 0 Å². The summed E-state index contributed by atoms with van der Waals surface area (Å²) in [6.07, 6.45) is 3.53. The van der Waals surface area contributed by atoms with Crippen molar-refractivity contribution in [3.8, 4) is 5.75 Å². The van der Waals surface area contributed by atoms with Gasteiger partial charge in [0.05, 0.1) is 6.61 Å². The molecule has 1 saturated carbocycles. The second kappa shape index (κ2) is 4.88. The molecule has 4 rings (SSSR count). The van der Waals surface area contributed by atoms with E-state index < -0.39 is 0 Å². The Labute approximate surface area is 126 Å². The minimum atomic E-state index is 0.228. The van der Waals surface area contributed by atoms with Crippen molar-refractivity contribution >= 4 is 0 Å². The Morgan fingerprint density at radius 1 is 1.05 bits per heavy atom. The van der Waals surface area contributed by atoms with Crippen LogP contribution in [0.15, 0.2) is 48.5 Å². The van der Waals surface area contributed by atoms with Crippen molar-refractivity contribution in [1.29, 1.82) is 0 Å². The van der Waals surface area contributed by atoms with E-state index in [0.717, 1.165) is 18.8 Å². The molecule has 2 aliphatic rings. The Hall–Kier alpha value is -1.80. The molecule has 0 unspecified atom stereocenters. The smallest absolute Gasteiger partial charge is 0.124 e. The van der Waals surface area contributed by atoms with Crippen LogP contribution < -0.4 is 10.1 Å². The lowest BCUT2D eigenvalue weighted by atomic mass is 9.86. The van der Waals surface area contributed by atoms with Gasteiger partial charge in [0.2, 0.25) is 0 Å².